The standard InChI is InChI=1S/C25H30FNO6/c1-13(2)32-10-11-33-25(30)20-15(4)27-18-12-14(3)19(24(29)31-5)23(28)22(18)21(20)16-6-8-17(26)9-7-16/h6-9,13-14,19,21,27H,10-12H2,1-5H3/t14-,19-,21+/m0/s1. The van der Waals surface area contributed by atoms with Gasteiger partial charge in [0.25, 0.3) is 0 Å². The zero-order valence-corrected chi connectivity index (χ0v) is 19.6. The van der Waals surface area contributed by atoms with Crippen LogP contribution in [0.5, 0.6) is 0 Å². The van der Waals surface area contributed by atoms with Gasteiger partial charge in [0, 0.05) is 22.9 Å². The molecule has 7 nitrogen and oxygen atoms in total. The maximum atomic E-state index is 13.7. The monoisotopic (exact) mass is 459 g/mol. The van der Waals surface area contributed by atoms with Crippen LogP contribution in [-0.2, 0) is 28.6 Å². The van der Waals surface area contributed by atoms with Crippen molar-refractivity contribution in [2.45, 2.75) is 46.1 Å². The molecule has 3 atom stereocenters. The first kappa shape index (κ1) is 24.6. The molecule has 0 aromatic heterocycles. The van der Waals surface area contributed by atoms with E-state index in [0.29, 0.717) is 29.0 Å². The summed E-state index contributed by atoms with van der Waals surface area (Å²) in [7, 11) is 1.24. The number of rotatable bonds is 7. The topological polar surface area (TPSA) is 90.9 Å². The number of dihydropyridines is 1. The fourth-order valence-electron chi connectivity index (χ4n) is 4.44. The first-order valence-electron chi connectivity index (χ1n) is 11.0. The molecule has 0 amide bonds. The summed E-state index contributed by atoms with van der Waals surface area (Å²) in [6.07, 6.45) is 0.429. The number of allylic oxidation sites excluding steroid dienone is 3. The molecule has 1 aliphatic carbocycles. The molecular weight excluding hydrogens is 429 g/mol. The largest absolute Gasteiger partial charge is 0.468 e. The zero-order valence-electron chi connectivity index (χ0n) is 19.6. The van der Waals surface area contributed by atoms with Crippen molar-refractivity contribution in [3.63, 3.8) is 0 Å². The fourth-order valence-corrected chi connectivity index (χ4v) is 4.44. The van der Waals surface area contributed by atoms with Gasteiger partial charge in [-0.25, -0.2) is 9.18 Å². The SMILES string of the molecule is COC(=O)[C@@H]1C(=O)C2=C(C[C@@H]1C)NC(C)=C(C(=O)OCCOC(C)C)[C@H]2c1ccc(F)cc1. The van der Waals surface area contributed by atoms with Gasteiger partial charge in [0.05, 0.1) is 25.4 Å². The van der Waals surface area contributed by atoms with Crippen molar-refractivity contribution in [2.24, 2.45) is 11.8 Å². The number of hydrogen-bond donors (Lipinski definition) is 1. The Morgan fingerprint density at radius 1 is 1.18 bits per heavy atom. The summed E-state index contributed by atoms with van der Waals surface area (Å²) in [5.74, 6) is -4.11. The molecule has 0 radical (unpaired) electrons. The normalized spacial score (nSPS) is 22.8. The molecule has 0 unspecified atom stereocenters. The van der Waals surface area contributed by atoms with Crippen molar-refractivity contribution in [3.8, 4) is 0 Å². The Morgan fingerprint density at radius 2 is 1.85 bits per heavy atom. The van der Waals surface area contributed by atoms with Crippen LogP contribution >= 0.6 is 0 Å². The Bertz CT molecular complexity index is 995. The second-order valence-corrected chi connectivity index (χ2v) is 8.64. The molecule has 8 heteroatoms. The van der Waals surface area contributed by atoms with Gasteiger partial charge < -0.3 is 19.5 Å². The lowest BCUT2D eigenvalue weighted by atomic mass is 9.69. The molecule has 2 aliphatic rings. The lowest BCUT2D eigenvalue weighted by molar-refractivity contribution is -0.151. The Kier molecular flexibility index (Phi) is 7.68. The first-order valence-corrected chi connectivity index (χ1v) is 11.0. The Morgan fingerprint density at radius 3 is 2.45 bits per heavy atom. The number of methoxy groups -OCH3 is 1. The molecular formula is C25H30FNO6. The van der Waals surface area contributed by atoms with E-state index >= 15 is 0 Å². The van der Waals surface area contributed by atoms with E-state index in [-0.39, 0.29) is 30.8 Å². The van der Waals surface area contributed by atoms with Crippen LogP contribution in [0.4, 0.5) is 4.39 Å². The summed E-state index contributed by atoms with van der Waals surface area (Å²) in [5, 5.41) is 3.19. The third-order valence-electron chi connectivity index (χ3n) is 5.93. The van der Waals surface area contributed by atoms with Gasteiger partial charge in [-0.15, -0.1) is 0 Å². The molecule has 1 heterocycles. The van der Waals surface area contributed by atoms with Gasteiger partial charge in [-0.05, 0) is 50.8 Å². The first-order chi connectivity index (χ1) is 15.6. The summed E-state index contributed by atoms with van der Waals surface area (Å²) in [5.41, 5.74) is 2.32. The summed E-state index contributed by atoms with van der Waals surface area (Å²) in [4.78, 5) is 39.1. The van der Waals surface area contributed by atoms with Crippen molar-refractivity contribution < 1.29 is 33.0 Å². The van der Waals surface area contributed by atoms with E-state index in [1.807, 2.05) is 20.8 Å². The van der Waals surface area contributed by atoms with Crippen LogP contribution in [0.2, 0.25) is 0 Å². The van der Waals surface area contributed by atoms with Crippen molar-refractivity contribution >= 4 is 17.7 Å². The maximum absolute atomic E-state index is 13.7. The number of hydrogen-bond acceptors (Lipinski definition) is 7. The van der Waals surface area contributed by atoms with Crippen LogP contribution < -0.4 is 5.32 Å². The van der Waals surface area contributed by atoms with Gasteiger partial charge in [-0.2, -0.15) is 0 Å². The number of nitrogens with one attached hydrogen (secondary N) is 1. The Labute approximate surface area is 193 Å². The maximum Gasteiger partial charge on any atom is 0.336 e. The van der Waals surface area contributed by atoms with E-state index in [2.05, 4.69) is 5.32 Å². The fraction of sp³-hybridized carbons (Fsp3) is 0.480. The minimum Gasteiger partial charge on any atom is -0.468 e. The number of carbonyl (C=O) groups excluding carboxylic acids is 3. The molecule has 1 aromatic rings. The van der Waals surface area contributed by atoms with Crippen LogP contribution in [0.25, 0.3) is 0 Å². The van der Waals surface area contributed by atoms with Gasteiger partial charge in [-0.1, -0.05) is 19.1 Å². The summed E-state index contributed by atoms with van der Waals surface area (Å²) < 4.78 is 29.4. The molecule has 33 heavy (non-hydrogen) atoms. The number of ketones is 1. The lowest BCUT2D eigenvalue weighted by Crippen LogP contribution is -2.43. The second kappa shape index (κ2) is 10.3. The Balaban J connectivity index is 2.02. The summed E-state index contributed by atoms with van der Waals surface area (Å²) in [6, 6.07) is 5.63. The van der Waals surface area contributed by atoms with E-state index in [9.17, 15) is 18.8 Å². The number of Topliss-reactive ketones (excluding diaryl/α,β-unsaturated/α-hetero) is 1. The third kappa shape index (κ3) is 5.16. The van der Waals surface area contributed by atoms with Crippen LogP contribution in [0.3, 0.4) is 0 Å². The molecule has 0 spiro atoms. The predicted octanol–water partition coefficient (Wildman–Crippen LogP) is 3.41. The van der Waals surface area contributed by atoms with Gasteiger partial charge in [0.2, 0.25) is 0 Å². The van der Waals surface area contributed by atoms with Crippen molar-refractivity contribution in [3.05, 3.63) is 58.2 Å². The number of benzene rings is 1. The highest BCUT2D eigenvalue weighted by atomic mass is 19.1. The quantitative estimate of drug-likeness (QED) is 0.380. The van der Waals surface area contributed by atoms with E-state index in [0.717, 1.165) is 0 Å². The minimum absolute atomic E-state index is 0.00205. The van der Waals surface area contributed by atoms with Gasteiger partial charge in [0.15, 0.2) is 5.78 Å². The highest BCUT2D eigenvalue weighted by Gasteiger charge is 2.47. The van der Waals surface area contributed by atoms with Crippen molar-refractivity contribution in [2.75, 3.05) is 20.3 Å². The van der Waals surface area contributed by atoms with Gasteiger partial charge in [-0.3, -0.25) is 9.59 Å². The highest BCUT2D eigenvalue weighted by Crippen LogP contribution is 2.45. The number of ether oxygens (including phenoxy) is 3. The predicted molar refractivity (Wildman–Crippen MR) is 118 cm³/mol. The molecule has 1 aliphatic heterocycles. The lowest BCUT2D eigenvalue weighted by Gasteiger charge is -2.38. The molecule has 3 rings (SSSR count). The Hall–Kier alpha value is -3.00. The smallest absolute Gasteiger partial charge is 0.336 e. The minimum atomic E-state index is -0.978. The summed E-state index contributed by atoms with van der Waals surface area (Å²) in [6.45, 7) is 7.60. The molecule has 0 saturated heterocycles. The third-order valence-corrected chi connectivity index (χ3v) is 5.93. The van der Waals surface area contributed by atoms with Crippen LogP contribution in [-0.4, -0.2) is 44.1 Å². The molecule has 0 saturated carbocycles. The average molecular weight is 460 g/mol. The average Bonchev–Trinajstić information content (AvgIpc) is 2.75. The van der Waals surface area contributed by atoms with Crippen LogP contribution in [0, 0.1) is 17.7 Å². The number of esters is 2. The second-order valence-electron chi connectivity index (χ2n) is 8.64. The molecule has 0 bridgehead atoms. The van der Waals surface area contributed by atoms with Gasteiger partial charge in [0.1, 0.15) is 18.3 Å². The van der Waals surface area contributed by atoms with E-state index < -0.39 is 35.4 Å². The molecule has 1 aromatic carbocycles. The van der Waals surface area contributed by atoms with E-state index in [4.69, 9.17) is 14.2 Å². The molecule has 1 N–H and O–H groups in total. The summed E-state index contributed by atoms with van der Waals surface area (Å²) >= 11 is 0. The number of halogens is 1. The van der Waals surface area contributed by atoms with Crippen molar-refractivity contribution in [1.29, 1.82) is 0 Å². The number of carbonyl (C=O) groups is 3. The van der Waals surface area contributed by atoms with Crippen LogP contribution in [0.1, 0.15) is 45.6 Å². The van der Waals surface area contributed by atoms with E-state index in [1.54, 1.807) is 6.92 Å². The highest BCUT2D eigenvalue weighted by molar-refractivity contribution is 6.12. The zero-order chi connectivity index (χ0) is 24.3. The van der Waals surface area contributed by atoms with Crippen molar-refractivity contribution in [1.82, 2.24) is 5.32 Å². The van der Waals surface area contributed by atoms with Gasteiger partial charge >= 0.3 is 11.9 Å². The van der Waals surface area contributed by atoms with Crippen LogP contribution in [0.15, 0.2) is 46.8 Å². The van der Waals surface area contributed by atoms with E-state index in [1.165, 1.54) is 31.4 Å². The molecule has 0 fully saturated rings. The molecule has 178 valence electrons.